The Balaban J connectivity index is 3.38. The van der Waals surface area contributed by atoms with E-state index in [0.717, 1.165) is 18.2 Å². The number of rotatable bonds is 1. The first-order valence-electron chi connectivity index (χ1n) is 5.32. The van der Waals surface area contributed by atoms with Crippen LogP contribution in [0.1, 0.15) is 31.9 Å². The molecule has 0 aliphatic rings. The van der Waals surface area contributed by atoms with Gasteiger partial charge in [-0.2, -0.15) is 13.2 Å². The van der Waals surface area contributed by atoms with E-state index in [1.54, 1.807) is 20.8 Å². The molecule has 0 heterocycles. The fraction of sp³-hybridized carbons (Fsp3) is 0.417. The average Bonchev–Trinajstić information content (AvgIpc) is 2.24. The highest BCUT2D eigenvalue weighted by Gasteiger charge is 2.36. The van der Waals surface area contributed by atoms with Gasteiger partial charge >= 0.3 is 6.18 Å². The zero-order valence-electron chi connectivity index (χ0n) is 10.6. The van der Waals surface area contributed by atoms with Crippen molar-refractivity contribution in [3.8, 4) is 0 Å². The van der Waals surface area contributed by atoms with Crippen molar-refractivity contribution >= 4 is 27.4 Å². The smallest absolute Gasteiger partial charge is 0.291 e. The Morgan fingerprint density at radius 1 is 1.26 bits per heavy atom. The van der Waals surface area contributed by atoms with E-state index in [4.69, 9.17) is 17.0 Å². The van der Waals surface area contributed by atoms with E-state index >= 15 is 0 Å². The number of benzene rings is 1. The second-order valence-electron chi connectivity index (χ2n) is 4.90. The Morgan fingerprint density at radius 3 is 2.21 bits per heavy atom. The quantitative estimate of drug-likeness (QED) is 0.612. The molecule has 0 bridgehead atoms. The molecular formula is C12H13ClF3NOS. The van der Waals surface area contributed by atoms with E-state index < -0.39 is 37.9 Å². The molecule has 1 atom stereocenters. The Morgan fingerprint density at radius 2 is 1.79 bits per heavy atom. The van der Waals surface area contributed by atoms with E-state index in [1.165, 1.54) is 0 Å². The zero-order valence-corrected chi connectivity index (χ0v) is 12.1. The van der Waals surface area contributed by atoms with Crippen molar-refractivity contribution in [1.29, 1.82) is 5.41 Å². The predicted molar refractivity (Wildman–Crippen MR) is 71.2 cm³/mol. The van der Waals surface area contributed by atoms with Gasteiger partial charge in [-0.1, -0.05) is 11.6 Å². The largest absolute Gasteiger partial charge is 0.417 e. The monoisotopic (exact) mass is 311 g/mol. The molecule has 1 unspecified atom stereocenters. The molecule has 0 amide bonds. The zero-order chi connectivity index (χ0) is 15.0. The second kappa shape index (κ2) is 5.25. The van der Waals surface area contributed by atoms with Crippen LogP contribution in [-0.4, -0.2) is 14.0 Å². The van der Waals surface area contributed by atoms with Crippen molar-refractivity contribution in [3.63, 3.8) is 0 Å². The van der Waals surface area contributed by atoms with Crippen LogP contribution in [0.2, 0.25) is 5.02 Å². The van der Waals surface area contributed by atoms with E-state index in [0.29, 0.717) is 0 Å². The number of alkyl halides is 3. The van der Waals surface area contributed by atoms with Gasteiger partial charge in [-0.25, -0.2) is 0 Å². The van der Waals surface area contributed by atoms with Crippen molar-refractivity contribution in [3.05, 3.63) is 34.3 Å². The molecule has 0 fully saturated rings. The summed E-state index contributed by atoms with van der Waals surface area (Å²) in [5.41, 5.74) is -1.44. The molecule has 19 heavy (non-hydrogen) atoms. The van der Waals surface area contributed by atoms with Gasteiger partial charge in [0.15, 0.2) is 0 Å². The van der Waals surface area contributed by atoms with Gasteiger partial charge < -0.3 is 0 Å². The van der Waals surface area contributed by atoms with Crippen LogP contribution in [0.15, 0.2) is 18.2 Å². The Bertz CT molecular complexity index is 535. The first-order chi connectivity index (χ1) is 8.44. The molecule has 0 saturated carbocycles. The maximum absolute atomic E-state index is 12.9. The van der Waals surface area contributed by atoms with Gasteiger partial charge in [-0.15, -0.1) is 0 Å². The highest BCUT2D eigenvalue weighted by atomic mass is 35.5. The highest BCUT2D eigenvalue weighted by Crippen LogP contribution is 2.34. The van der Waals surface area contributed by atoms with Crippen molar-refractivity contribution in [1.82, 2.24) is 0 Å². The predicted octanol–water partition coefficient (Wildman–Crippen LogP) is 4.23. The normalized spacial score (nSPS) is 14.3. The number of halogens is 4. The van der Waals surface area contributed by atoms with E-state index in [1.807, 2.05) is 0 Å². The summed E-state index contributed by atoms with van der Waals surface area (Å²) in [4.78, 5) is 0. The summed E-state index contributed by atoms with van der Waals surface area (Å²) >= 11 is 5.67. The van der Waals surface area contributed by atoms with Crippen LogP contribution in [0.4, 0.5) is 13.2 Å². The Kier molecular flexibility index (Phi) is 4.47. The fourth-order valence-corrected chi connectivity index (χ4v) is 2.51. The highest BCUT2D eigenvalue weighted by molar-refractivity contribution is 8.02. The number of hydrogen-bond acceptors (Lipinski definition) is 2. The standard InChI is InChI=1S/C12H13ClF3NOS/c1-11(2,3)19(18)10(17)8-6-7(13)4-5-9(8)12(14,15)16/h4-6,17H,1-3H3. The van der Waals surface area contributed by atoms with Crippen LogP contribution >= 0.6 is 11.6 Å². The van der Waals surface area contributed by atoms with E-state index in [9.17, 15) is 17.4 Å². The topological polar surface area (TPSA) is 40.9 Å². The third kappa shape index (κ3) is 3.79. The molecule has 1 rings (SSSR count). The third-order valence-corrected chi connectivity index (χ3v) is 4.21. The molecule has 106 valence electrons. The first kappa shape index (κ1) is 16.2. The molecule has 0 spiro atoms. The second-order valence-corrected chi connectivity index (χ2v) is 7.50. The summed E-state index contributed by atoms with van der Waals surface area (Å²) in [6.45, 7) is 4.78. The summed E-state index contributed by atoms with van der Waals surface area (Å²) in [7, 11) is -1.86. The molecule has 0 aliphatic carbocycles. The molecule has 0 radical (unpaired) electrons. The van der Waals surface area contributed by atoms with Gasteiger partial charge in [0.2, 0.25) is 0 Å². The van der Waals surface area contributed by atoms with Crippen LogP contribution in [-0.2, 0) is 17.0 Å². The summed E-state index contributed by atoms with van der Waals surface area (Å²) in [6.07, 6.45) is -4.62. The Labute approximate surface area is 116 Å². The van der Waals surface area contributed by atoms with Crippen LogP contribution < -0.4 is 0 Å². The van der Waals surface area contributed by atoms with Crippen LogP contribution in [0.3, 0.4) is 0 Å². The molecule has 1 aromatic carbocycles. The summed E-state index contributed by atoms with van der Waals surface area (Å²) in [6, 6.07) is 2.92. The molecular weight excluding hydrogens is 299 g/mol. The molecule has 0 aliphatic heterocycles. The molecule has 0 saturated heterocycles. The molecule has 0 aromatic heterocycles. The molecule has 1 N–H and O–H groups in total. The third-order valence-electron chi connectivity index (χ3n) is 2.27. The summed E-state index contributed by atoms with van der Waals surface area (Å²) in [5, 5.41) is 7.25. The van der Waals surface area contributed by atoms with Crippen molar-refractivity contribution in [2.45, 2.75) is 31.7 Å². The lowest BCUT2D eigenvalue weighted by atomic mass is 10.1. The van der Waals surface area contributed by atoms with Crippen LogP contribution in [0.25, 0.3) is 0 Å². The first-order valence-corrected chi connectivity index (χ1v) is 6.85. The van der Waals surface area contributed by atoms with E-state index in [2.05, 4.69) is 0 Å². The summed E-state index contributed by atoms with van der Waals surface area (Å²) in [5.74, 6) is 0. The number of nitrogens with one attached hydrogen (secondary N) is 1. The minimum absolute atomic E-state index is 0.0682. The molecule has 2 nitrogen and oxygen atoms in total. The minimum atomic E-state index is -4.62. The lowest BCUT2D eigenvalue weighted by molar-refractivity contribution is -0.137. The van der Waals surface area contributed by atoms with Gasteiger partial charge in [0.05, 0.1) is 16.4 Å². The van der Waals surface area contributed by atoms with Gasteiger partial charge in [-0.3, -0.25) is 9.62 Å². The Hall–Kier alpha value is -0.880. The van der Waals surface area contributed by atoms with Gasteiger partial charge in [-0.05, 0) is 39.0 Å². The van der Waals surface area contributed by atoms with Gasteiger partial charge in [0.25, 0.3) is 0 Å². The molecule has 1 aromatic rings. The minimum Gasteiger partial charge on any atom is -0.291 e. The van der Waals surface area contributed by atoms with Gasteiger partial charge in [0.1, 0.15) is 5.04 Å². The maximum atomic E-state index is 12.9. The SMILES string of the molecule is CC(C)(C)S(=O)C(=N)c1cc(Cl)ccc1C(F)(F)F. The van der Waals surface area contributed by atoms with Crippen molar-refractivity contribution in [2.75, 3.05) is 0 Å². The van der Waals surface area contributed by atoms with Crippen molar-refractivity contribution < 1.29 is 17.4 Å². The van der Waals surface area contributed by atoms with E-state index in [-0.39, 0.29) is 5.02 Å². The lowest BCUT2D eigenvalue weighted by Crippen LogP contribution is -2.29. The summed E-state index contributed by atoms with van der Waals surface area (Å²) < 4.78 is 49.8. The lowest BCUT2D eigenvalue weighted by Gasteiger charge is -2.20. The average molecular weight is 312 g/mol. The number of hydrogen-bond donors (Lipinski definition) is 1. The van der Waals surface area contributed by atoms with Crippen LogP contribution in [0.5, 0.6) is 0 Å². The maximum Gasteiger partial charge on any atom is 0.417 e. The van der Waals surface area contributed by atoms with Crippen molar-refractivity contribution in [2.24, 2.45) is 0 Å². The van der Waals surface area contributed by atoms with Gasteiger partial charge in [0, 0.05) is 15.3 Å². The van der Waals surface area contributed by atoms with Crippen LogP contribution in [0, 0.1) is 5.41 Å². The molecule has 7 heteroatoms. The fourth-order valence-electron chi connectivity index (χ4n) is 1.36.